The Morgan fingerprint density at radius 3 is 1.42 bits per heavy atom. The Labute approximate surface area is 255 Å². The van der Waals surface area contributed by atoms with Crippen molar-refractivity contribution in [3.63, 3.8) is 0 Å². The maximum absolute atomic E-state index is 13.4. The molecule has 2 aliphatic heterocycles. The Kier molecular flexibility index (Phi) is 9.25. The normalized spacial score (nSPS) is 18.9. The maximum Gasteiger partial charge on any atom is 0.262 e. The fourth-order valence-corrected chi connectivity index (χ4v) is 10.7. The Morgan fingerprint density at radius 2 is 1.02 bits per heavy atom. The fourth-order valence-electron chi connectivity index (χ4n) is 6.06. The number of carbonyl (C=O) groups is 2. The smallest absolute Gasteiger partial charge is 0.262 e. The summed E-state index contributed by atoms with van der Waals surface area (Å²) >= 11 is 0. The molecule has 4 aromatic carbocycles. The third-order valence-corrected chi connectivity index (χ3v) is 13.2. The van der Waals surface area contributed by atoms with Gasteiger partial charge >= 0.3 is 0 Å². The van der Waals surface area contributed by atoms with E-state index in [1.165, 1.54) is 10.4 Å². The van der Waals surface area contributed by atoms with Crippen molar-refractivity contribution in [2.45, 2.75) is 50.9 Å². The van der Waals surface area contributed by atoms with E-state index < -0.39 is 20.5 Å². The molecule has 7 heteroatoms. The van der Waals surface area contributed by atoms with Crippen molar-refractivity contribution in [1.29, 1.82) is 0 Å². The molecule has 0 radical (unpaired) electrons. The van der Waals surface area contributed by atoms with Crippen LogP contribution in [0.25, 0.3) is 0 Å². The van der Waals surface area contributed by atoms with E-state index in [-0.39, 0.29) is 16.9 Å². The number of aliphatic hydroxyl groups is 1. The molecule has 2 aliphatic rings. The summed E-state index contributed by atoms with van der Waals surface area (Å²) in [5, 5.41) is 11.5. The molecule has 0 aliphatic carbocycles. The first kappa shape index (κ1) is 30.4. The van der Waals surface area contributed by atoms with Gasteiger partial charge in [-0.1, -0.05) is 118 Å². The summed E-state index contributed by atoms with van der Waals surface area (Å²) < 4.78 is 7.05. The standard InChI is InChI=1S/C26H29NO2Si.C10H11NO2/c1-26(2,3)30(22-15-9-5-10-16-22,23-17-11-6-12-18-23)29-24-19-20-27(25(24)28)21-13-7-4-8-14-21;12-9-6-7-11(10(9)13)8-4-2-1-3-5-8/h4-18,24H,19-20H2,1-3H3;1-5,9,12H,6-7H2/t24-;9-/m11/s1. The number of carbonyl (C=O) groups excluding carboxylic acids is 2. The Balaban J connectivity index is 0.000000235. The minimum absolute atomic E-state index is 0.0641. The molecule has 2 saturated heterocycles. The van der Waals surface area contributed by atoms with Gasteiger partial charge in [0, 0.05) is 30.9 Å². The first-order valence-corrected chi connectivity index (χ1v) is 16.8. The second-order valence-corrected chi connectivity index (χ2v) is 16.3. The number of hydrogen-bond acceptors (Lipinski definition) is 4. The van der Waals surface area contributed by atoms with Gasteiger partial charge in [-0.3, -0.25) is 9.59 Å². The number of hydrogen-bond donors (Lipinski definition) is 1. The molecule has 2 atom stereocenters. The predicted molar refractivity (Wildman–Crippen MR) is 175 cm³/mol. The van der Waals surface area contributed by atoms with E-state index in [0.717, 1.165) is 11.4 Å². The van der Waals surface area contributed by atoms with Crippen LogP contribution in [0, 0.1) is 0 Å². The molecular formula is C36H40N2O4Si. The zero-order valence-electron chi connectivity index (χ0n) is 25.1. The number of aliphatic hydroxyl groups excluding tert-OH is 1. The molecule has 2 heterocycles. The summed E-state index contributed by atoms with van der Waals surface area (Å²) in [5.74, 6) is -0.125. The highest BCUT2D eigenvalue weighted by Gasteiger charge is 2.53. The highest BCUT2D eigenvalue weighted by molar-refractivity contribution is 6.99. The number of nitrogens with zero attached hydrogens (tertiary/aromatic N) is 2. The molecule has 43 heavy (non-hydrogen) atoms. The van der Waals surface area contributed by atoms with Gasteiger partial charge in [-0.25, -0.2) is 0 Å². The topological polar surface area (TPSA) is 70.1 Å². The number of benzene rings is 4. The van der Waals surface area contributed by atoms with E-state index in [0.29, 0.717) is 25.9 Å². The van der Waals surface area contributed by atoms with Crippen molar-refractivity contribution in [3.8, 4) is 0 Å². The zero-order valence-corrected chi connectivity index (χ0v) is 26.1. The van der Waals surface area contributed by atoms with Crippen LogP contribution in [-0.4, -0.2) is 50.5 Å². The molecule has 6 nitrogen and oxygen atoms in total. The van der Waals surface area contributed by atoms with E-state index >= 15 is 0 Å². The van der Waals surface area contributed by atoms with Crippen molar-refractivity contribution in [3.05, 3.63) is 121 Å². The lowest BCUT2D eigenvalue weighted by Crippen LogP contribution is -2.68. The van der Waals surface area contributed by atoms with Crippen LogP contribution in [0.15, 0.2) is 121 Å². The highest BCUT2D eigenvalue weighted by Crippen LogP contribution is 2.39. The van der Waals surface area contributed by atoms with Crippen LogP contribution in [0.1, 0.15) is 33.6 Å². The second-order valence-electron chi connectivity index (χ2n) is 12.0. The third kappa shape index (κ3) is 6.34. The number of amides is 2. The number of rotatable bonds is 6. The van der Waals surface area contributed by atoms with Crippen LogP contribution in [-0.2, 0) is 14.0 Å². The Morgan fingerprint density at radius 1 is 0.628 bits per heavy atom. The van der Waals surface area contributed by atoms with E-state index in [1.807, 2.05) is 77.7 Å². The summed E-state index contributed by atoms with van der Waals surface area (Å²) in [6, 6.07) is 40.3. The fraction of sp³-hybridized carbons (Fsp3) is 0.278. The number of anilines is 2. The van der Waals surface area contributed by atoms with Gasteiger partial charge in [0.2, 0.25) is 0 Å². The molecule has 0 aromatic heterocycles. The van der Waals surface area contributed by atoms with Gasteiger partial charge in [-0.05, 0) is 46.1 Å². The number of para-hydroxylation sites is 2. The zero-order chi connectivity index (χ0) is 30.5. The SMILES string of the molecule is CC(C)(C)[Si](O[C@@H]1CCN(c2ccccc2)C1=O)(c1ccccc1)c1ccccc1.O=C1[C@H](O)CCN1c1ccccc1. The molecule has 2 fully saturated rings. The molecule has 6 rings (SSSR count). The van der Waals surface area contributed by atoms with Crippen LogP contribution >= 0.6 is 0 Å². The van der Waals surface area contributed by atoms with Gasteiger partial charge in [-0.15, -0.1) is 0 Å². The van der Waals surface area contributed by atoms with Gasteiger partial charge in [0.1, 0.15) is 12.2 Å². The summed E-state index contributed by atoms with van der Waals surface area (Å²) in [4.78, 5) is 28.3. The van der Waals surface area contributed by atoms with Crippen LogP contribution in [0.2, 0.25) is 5.04 Å². The summed E-state index contributed by atoms with van der Waals surface area (Å²) in [6.07, 6.45) is 0.00286. The quantitative estimate of drug-likeness (QED) is 0.315. The molecule has 0 bridgehead atoms. The lowest BCUT2D eigenvalue weighted by Gasteiger charge is -2.44. The van der Waals surface area contributed by atoms with Crippen molar-refractivity contribution < 1.29 is 19.1 Å². The summed E-state index contributed by atoms with van der Waals surface area (Å²) in [6.45, 7) is 8.03. The van der Waals surface area contributed by atoms with E-state index in [1.54, 1.807) is 4.90 Å². The van der Waals surface area contributed by atoms with Crippen molar-refractivity contribution in [2.75, 3.05) is 22.9 Å². The van der Waals surface area contributed by atoms with Crippen molar-refractivity contribution >= 4 is 41.9 Å². The molecule has 1 N–H and O–H groups in total. The molecule has 222 valence electrons. The summed E-state index contributed by atoms with van der Waals surface area (Å²) in [5.41, 5.74) is 1.81. The average molecular weight is 593 g/mol. The van der Waals surface area contributed by atoms with Gasteiger partial charge in [-0.2, -0.15) is 0 Å². The van der Waals surface area contributed by atoms with E-state index in [2.05, 4.69) is 69.3 Å². The monoisotopic (exact) mass is 592 g/mol. The summed E-state index contributed by atoms with van der Waals surface area (Å²) in [7, 11) is -2.73. The van der Waals surface area contributed by atoms with Crippen molar-refractivity contribution in [2.24, 2.45) is 0 Å². The van der Waals surface area contributed by atoms with Gasteiger partial charge in [0.05, 0.1) is 0 Å². The minimum Gasteiger partial charge on any atom is -0.395 e. The molecule has 4 aromatic rings. The predicted octanol–water partition coefficient (Wildman–Crippen LogP) is 5.15. The largest absolute Gasteiger partial charge is 0.395 e. The van der Waals surface area contributed by atoms with Crippen LogP contribution < -0.4 is 20.2 Å². The molecule has 0 spiro atoms. The van der Waals surface area contributed by atoms with E-state index in [9.17, 15) is 14.7 Å². The first-order valence-electron chi connectivity index (χ1n) is 14.9. The van der Waals surface area contributed by atoms with Crippen LogP contribution in [0.3, 0.4) is 0 Å². The molecule has 0 unspecified atom stereocenters. The third-order valence-electron chi connectivity index (χ3n) is 8.21. The van der Waals surface area contributed by atoms with Crippen LogP contribution in [0.5, 0.6) is 0 Å². The van der Waals surface area contributed by atoms with Gasteiger partial charge < -0.3 is 19.3 Å². The Hall–Kier alpha value is -4.04. The first-order chi connectivity index (χ1) is 20.7. The highest BCUT2D eigenvalue weighted by atomic mass is 28.4. The van der Waals surface area contributed by atoms with Crippen LogP contribution in [0.4, 0.5) is 11.4 Å². The lowest BCUT2D eigenvalue weighted by molar-refractivity contribution is -0.124. The van der Waals surface area contributed by atoms with Gasteiger partial charge in [0.25, 0.3) is 20.1 Å². The molecule has 2 amide bonds. The second kappa shape index (κ2) is 13.1. The van der Waals surface area contributed by atoms with Gasteiger partial charge in [0.15, 0.2) is 0 Å². The molecular weight excluding hydrogens is 552 g/mol. The maximum atomic E-state index is 13.4. The molecule has 0 saturated carbocycles. The van der Waals surface area contributed by atoms with E-state index in [4.69, 9.17) is 4.43 Å². The van der Waals surface area contributed by atoms with Crippen molar-refractivity contribution in [1.82, 2.24) is 0 Å². The minimum atomic E-state index is -2.73. The Bertz CT molecular complexity index is 1450. The lowest BCUT2D eigenvalue weighted by atomic mass is 10.2. The average Bonchev–Trinajstić information content (AvgIpc) is 3.57.